The highest BCUT2D eigenvalue weighted by molar-refractivity contribution is 5.81. The van der Waals surface area contributed by atoms with Crippen LogP contribution in [0, 0.1) is 5.41 Å². The molecule has 16 heavy (non-hydrogen) atoms. The Bertz CT molecular complexity index is 234. The quantitative estimate of drug-likeness (QED) is 0.561. The highest BCUT2D eigenvalue weighted by Crippen LogP contribution is 2.12. The van der Waals surface area contributed by atoms with Gasteiger partial charge in [0.15, 0.2) is 0 Å². The standard InChI is InChI=1S/C11H23N3O2/c1-11(2,3)10(16)14-7-4-5-9(15)13-8-6-12/h4-8,12H2,1-3H3,(H,13,15)(H,14,16). The highest BCUT2D eigenvalue weighted by atomic mass is 16.2. The van der Waals surface area contributed by atoms with E-state index in [1.54, 1.807) is 0 Å². The van der Waals surface area contributed by atoms with Crippen LogP contribution in [-0.2, 0) is 9.59 Å². The average Bonchev–Trinajstić information content (AvgIpc) is 2.19. The summed E-state index contributed by atoms with van der Waals surface area (Å²) >= 11 is 0. The first-order valence-electron chi connectivity index (χ1n) is 5.63. The van der Waals surface area contributed by atoms with Gasteiger partial charge in [0.1, 0.15) is 0 Å². The zero-order chi connectivity index (χ0) is 12.6. The zero-order valence-corrected chi connectivity index (χ0v) is 10.4. The molecule has 0 heterocycles. The molecular weight excluding hydrogens is 206 g/mol. The number of rotatable bonds is 6. The Kier molecular flexibility index (Phi) is 6.72. The molecule has 0 aliphatic carbocycles. The molecule has 94 valence electrons. The van der Waals surface area contributed by atoms with Crippen LogP contribution in [0.1, 0.15) is 33.6 Å². The van der Waals surface area contributed by atoms with Crippen molar-refractivity contribution in [3.63, 3.8) is 0 Å². The molecule has 0 radical (unpaired) electrons. The predicted octanol–water partition coefficient (Wildman–Crippen LogP) is 0.00380. The van der Waals surface area contributed by atoms with E-state index in [1.165, 1.54) is 0 Å². The molecule has 5 heteroatoms. The molecule has 2 amide bonds. The zero-order valence-electron chi connectivity index (χ0n) is 10.4. The molecule has 0 bridgehead atoms. The Morgan fingerprint density at radius 2 is 1.75 bits per heavy atom. The van der Waals surface area contributed by atoms with Gasteiger partial charge in [-0.1, -0.05) is 20.8 Å². The van der Waals surface area contributed by atoms with Gasteiger partial charge in [-0.25, -0.2) is 0 Å². The van der Waals surface area contributed by atoms with E-state index in [9.17, 15) is 9.59 Å². The lowest BCUT2D eigenvalue weighted by atomic mass is 9.96. The molecule has 5 nitrogen and oxygen atoms in total. The highest BCUT2D eigenvalue weighted by Gasteiger charge is 2.20. The van der Waals surface area contributed by atoms with Crippen LogP contribution in [0.4, 0.5) is 0 Å². The van der Waals surface area contributed by atoms with E-state index >= 15 is 0 Å². The fraction of sp³-hybridized carbons (Fsp3) is 0.818. The summed E-state index contributed by atoms with van der Waals surface area (Å²) in [5, 5.41) is 5.46. The van der Waals surface area contributed by atoms with Crippen LogP contribution in [0.15, 0.2) is 0 Å². The topological polar surface area (TPSA) is 84.2 Å². The summed E-state index contributed by atoms with van der Waals surface area (Å²) in [6.07, 6.45) is 1.07. The molecule has 0 aliphatic heterocycles. The smallest absolute Gasteiger partial charge is 0.225 e. The van der Waals surface area contributed by atoms with Crippen molar-refractivity contribution in [2.45, 2.75) is 33.6 Å². The first kappa shape index (κ1) is 14.9. The Balaban J connectivity index is 3.54. The van der Waals surface area contributed by atoms with Crippen LogP contribution in [0.2, 0.25) is 0 Å². The van der Waals surface area contributed by atoms with Crippen molar-refractivity contribution in [3.8, 4) is 0 Å². The molecule has 0 unspecified atom stereocenters. The van der Waals surface area contributed by atoms with E-state index < -0.39 is 0 Å². The van der Waals surface area contributed by atoms with Gasteiger partial charge in [-0.15, -0.1) is 0 Å². The number of carbonyl (C=O) groups excluding carboxylic acids is 2. The van der Waals surface area contributed by atoms with Gasteiger partial charge in [-0.05, 0) is 6.42 Å². The maximum Gasteiger partial charge on any atom is 0.225 e. The number of amides is 2. The normalized spacial score (nSPS) is 11.0. The first-order valence-corrected chi connectivity index (χ1v) is 5.63. The number of carbonyl (C=O) groups is 2. The van der Waals surface area contributed by atoms with Crippen LogP contribution < -0.4 is 16.4 Å². The molecule has 0 fully saturated rings. The summed E-state index contributed by atoms with van der Waals surface area (Å²) < 4.78 is 0. The summed E-state index contributed by atoms with van der Waals surface area (Å²) in [5.41, 5.74) is 4.87. The molecule has 0 saturated carbocycles. The van der Waals surface area contributed by atoms with E-state index in [0.29, 0.717) is 32.5 Å². The number of nitrogens with one attached hydrogen (secondary N) is 2. The molecule has 0 aliphatic rings. The van der Waals surface area contributed by atoms with Crippen molar-refractivity contribution in [3.05, 3.63) is 0 Å². The second-order valence-corrected chi connectivity index (χ2v) is 4.75. The Labute approximate surface area is 97.2 Å². The summed E-state index contributed by atoms with van der Waals surface area (Å²) in [6, 6.07) is 0. The molecule has 0 aromatic carbocycles. The van der Waals surface area contributed by atoms with Gasteiger partial charge in [0, 0.05) is 31.5 Å². The van der Waals surface area contributed by atoms with Crippen LogP contribution in [0.3, 0.4) is 0 Å². The van der Waals surface area contributed by atoms with E-state index in [-0.39, 0.29) is 17.2 Å². The van der Waals surface area contributed by atoms with Crippen molar-refractivity contribution in [2.24, 2.45) is 11.1 Å². The van der Waals surface area contributed by atoms with Crippen LogP contribution in [-0.4, -0.2) is 31.4 Å². The lowest BCUT2D eigenvalue weighted by molar-refractivity contribution is -0.128. The Morgan fingerprint density at radius 1 is 1.12 bits per heavy atom. The Hall–Kier alpha value is -1.10. The maximum atomic E-state index is 11.5. The van der Waals surface area contributed by atoms with E-state index in [2.05, 4.69) is 10.6 Å². The molecule has 0 saturated heterocycles. The van der Waals surface area contributed by atoms with Gasteiger partial charge >= 0.3 is 0 Å². The fourth-order valence-electron chi connectivity index (χ4n) is 1.02. The number of hydrogen-bond acceptors (Lipinski definition) is 3. The lowest BCUT2D eigenvalue weighted by Gasteiger charge is -2.17. The van der Waals surface area contributed by atoms with Crippen LogP contribution in [0.5, 0.6) is 0 Å². The third kappa shape index (κ3) is 7.23. The van der Waals surface area contributed by atoms with Crippen molar-refractivity contribution in [1.82, 2.24) is 10.6 Å². The third-order valence-corrected chi connectivity index (χ3v) is 2.01. The molecule has 4 N–H and O–H groups in total. The second-order valence-electron chi connectivity index (χ2n) is 4.75. The molecule has 0 atom stereocenters. The minimum Gasteiger partial charge on any atom is -0.356 e. The van der Waals surface area contributed by atoms with Crippen molar-refractivity contribution in [1.29, 1.82) is 0 Å². The first-order chi connectivity index (χ1) is 7.38. The fourth-order valence-corrected chi connectivity index (χ4v) is 1.02. The van der Waals surface area contributed by atoms with Crippen molar-refractivity contribution in [2.75, 3.05) is 19.6 Å². The van der Waals surface area contributed by atoms with Crippen molar-refractivity contribution < 1.29 is 9.59 Å². The predicted molar refractivity (Wildman–Crippen MR) is 63.8 cm³/mol. The van der Waals surface area contributed by atoms with Gasteiger partial charge in [-0.2, -0.15) is 0 Å². The summed E-state index contributed by atoms with van der Waals surface area (Å²) in [4.78, 5) is 22.6. The van der Waals surface area contributed by atoms with Crippen LogP contribution in [0.25, 0.3) is 0 Å². The molecule has 0 aromatic rings. The lowest BCUT2D eigenvalue weighted by Crippen LogP contribution is -2.36. The van der Waals surface area contributed by atoms with E-state index in [1.807, 2.05) is 20.8 Å². The minimum absolute atomic E-state index is 0.00914. The SMILES string of the molecule is CC(C)(C)C(=O)NCCCC(=O)NCCN. The third-order valence-electron chi connectivity index (χ3n) is 2.01. The molecular formula is C11H23N3O2. The van der Waals surface area contributed by atoms with Crippen LogP contribution >= 0.6 is 0 Å². The molecule has 0 rings (SSSR count). The maximum absolute atomic E-state index is 11.5. The summed E-state index contributed by atoms with van der Waals surface area (Å²) in [5.74, 6) is -0.00896. The van der Waals surface area contributed by atoms with Gasteiger partial charge in [0.25, 0.3) is 0 Å². The molecule has 0 spiro atoms. The molecule has 0 aromatic heterocycles. The van der Waals surface area contributed by atoms with Crippen molar-refractivity contribution >= 4 is 11.8 Å². The largest absolute Gasteiger partial charge is 0.356 e. The van der Waals surface area contributed by atoms with Gasteiger partial charge < -0.3 is 16.4 Å². The second kappa shape index (κ2) is 7.22. The van der Waals surface area contributed by atoms with E-state index in [4.69, 9.17) is 5.73 Å². The number of nitrogens with two attached hydrogens (primary N) is 1. The monoisotopic (exact) mass is 229 g/mol. The van der Waals surface area contributed by atoms with Gasteiger partial charge in [-0.3, -0.25) is 9.59 Å². The van der Waals surface area contributed by atoms with Gasteiger partial charge in [0.2, 0.25) is 11.8 Å². The average molecular weight is 229 g/mol. The summed E-state index contributed by atoms with van der Waals surface area (Å²) in [7, 11) is 0. The Morgan fingerprint density at radius 3 is 2.25 bits per heavy atom. The van der Waals surface area contributed by atoms with Gasteiger partial charge in [0.05, 0.1) is 0 Å². The summed E-state index contributed by atoms with van der Waals surface area (Å²) in [6.45, 7) is 7.06. The number of hydrogen-bond donors (Lipinski definition) is 3. The van der Waals surface area contributed by atoms with E-state index in [0.717, 1.165) is 0 Å². The minimum atomic E-state index is -0.373.